The van der Waals surface area contributed by atoms with E-state index < -0.39 is 11.9 Å². The van der Waals surface area contributed by atoms with Gasteiger partial charge in [0.25, 0.3) is 0 Å². The number of alkyl halides is 3. The number of hydrogen-bond donors (Lipinski definition) is 1. The molecule has 0 atom stereocenters. The van der Waals surface area contributed by atoms with E-state index in [1.807, 2.05) is 29.8 Å². The van der Waals surface area contributed by atoms with Crippen molar-refractivity contribution in [3.8, 4) is 16.9 Å². The van der Waals surface area contributed by atoms with Gasteiger partial charge in [-0.25, -0.2) is 14.6 Å². The van der Waals surface area contributed by atoms with Crippen molar-refractivity contribution in [3.05, 3.63) is 89.5 Å². The number of rotatable bonds is 7. The Labute approximate surface area is 219 Å². The number of pyridine rings is 1. The molecule has 0 spiro atoms. The first-order chi connectivity index (χ1) is 18.1. The van der Waals surface area contributed by atoms with Crippen LogP contribution in [0.1, 0.15) is 36.4 Å². The lowest BCUT2D eigenvalue weighted by Crippen LogP contribution is -2.13. The van der Waals surface area contributed by atoms with Gasteiger partial charge in [0.05, 0.1) is 23.2 Å². The summed E-state index contributed by atoms with van der Waals surface area (Å²) in [6, 6.07) is 18.2. The predicted molar refractivity (Wildman–Crippen MR) is 143 cm³/mol. The quantitative estimate of drug-likeness (QED) is 0.253. The third-order valence-corrected chi connectivity index (χ3v) is 6.39. The summed E-state index contributed by atoms with van der Waals surface area (Å²) in [6.45, 7) is 6.39. The van der Waals surface area contributed by atoms with E-state index >= 15 is 0 Å². The van der Waals surface area contributed by atoms with Gasteiger partial charge in [0, 0.05) is 25.2 Å². The minimum atomic E-state index is -4.48. The molecule has 9 heteroatoms. The van der Waals surface area contributed by atoms with E-state index in [9.17, 15) is 13.2 Å². The van der Waals surface area contributed by atoms with Crippen LogP contribution in [0.2, 0.25) is 0 Å². The van der Waals surface area contributed by atoms with E-state index in [2.05, 4.69) is 41.4 Å². The number of aromatic nitrogens is 5. The van der Waals surface area contributed by atoms with Gasteiger partial charge in [-0.05, 0) is 48.6 Å². The average Bonchev–Trinajstić information content (AvgIpc) is 3.45. The molecule has 0 unspecified atom stereocenters. The van der Waals surface area contributed by atoms with E-state index in [1.54, 1.807) is 37.5 Å². The lowest BCUT2D eigenvalue weighted by atomic mass is 9.95. The SMILES string of the molecule is Cc1cc(C(F)(F)F)n(-c2ccc(CNc3cc4c(ncn4C)c(-c4ccccc4CC(C)C)n3)cc2)n1. The molecule has 2 aromatic carbocycles. The molecule has 38 heavy (non-hydrogen) atoms. The van der Waals surface area contributed by atoms with Crippen LogP contribution in [0.4, 0.5) is 19.0 Å². The Bertz CT molecular complexity index is 1580. The van der Waals surface area contributed by atoms with E-state index in [0.717, 1.165) is 45.0 Å². The van der Waals surface area contributed by atoms with Crippen LogP contribution in [0, 0.1) is 12.8 Å². The van der Waals surface area contributed by atoms with Gasteiger partial charge < -0.3 is 9.88 Å². The van der Waals surface area contributed by atoms with E-state index in [1.165, 1.54) is 5.56 Å². The molecule has 0 aliphatic rings. The minimum Gasteiger partial charge on any atom is -0.366 e. The fourth-order valence-electron chi connectivity index (χ4n) is 4.62. The van der Waals surface area contributed by atoms with Crippen molar-refractivity contribution in [2.75, 3.05) is 5.32 Å². The molecule has 0 bridgehead atoms. The van der Waals surface area contributed by atoms with Crippen LogP contribution in [0.5, 0.6) is 0 Å². The number of fused-ring (bicyclic) bond motifs is 1. The molecule has 0 fully saturated rings. The summed E-state index contributed by atoms with van der Waals surface area (Å²) in [7, 11) is 1.95. The molecule has 0 saturated heterocycles. The molecular weight excluding hydrogens is 489 g/mol. The molecule has 0 aliphatic carbocycles. The largest absolute Gasteiger partial charge is 0.433 e. The predicted octanol–water partition coefficient (Wildman–Crippen LogP) is 6.96. The van der Waals surface area contributed by atoms with Gasteiger partial charge in [0.1, 0.15) is 22.7 Å². The maximum atomic E-state index is 13.4. The van der Waals surface area contributed by atoms with E-state index in [4.69, 9.17) is 4.98 Å². The van der Waals surface area contributed by atoms with Crippen molar-refractivity contribution in [2.45, 2.75) is 39.9 Å². The molecule has 196 valence electrons. The standard InChI is InChI=1S/C29H29F3N6/c1-18(2)13-21-7-5-6-8-23(21)27-28-24(37(4)17-34-28)15-26(35-27)33-16-20-9-11-22(12-10-20)38-25(29(30,31)32)14-19(3)36-38/h5-12,14-15,17-18H,13,16H2,1-4H3,(H,33,35). The normalized spacial score (nSPS) is 12.0. The highest BCUT2D eigenvalue weighted by molar-refractivity contribution is 5.92. The summed E-state index contributed by atoms with van der Waals surface area (Å²) < 4.78 is 43.1. The highest BCUT2D eigenvalue weighted by atomic mass is 19.4. The molecule has 0 radical (unpaired) electrons. The Kier molecular flexibility index (Phi) is 6.69. The molecular formula is C29H29F3N6. The smallest absolute Gasteiger partial charge is 0.366 e. The van der Waals surface area contributed by atoms with Crippen LogP contribution < -0.4 is 5.32 Å². The molecule has 6 nitrogen and oxygen atoms in total. The Hall–Kier alpha value is -4.14. The summed E-state index contributed by atoms with van der Waals surface area (Å²) in [5.74, 6) is 1.19. The van der Waals surface area contributed by atoms with Gasteiger partial charge in [-0.1, -0.05) is 50.2 Å². The first-order valence-electron chi connectivity index (χ1n) is 12.5. The highest BCUT2D eigenvalue weighted by Gasteiger charge is 2.35. The van der Waals surface area contributed by atoms with Crippen LogP contribution in [-0.2, 0) is 26.2 Å². The first-order valence-corrected chi connectivity index (χ1v) is 12.5. The molecule has 5 aromatic rings. The van der Waals surface area contributed by atoms with Crippen LogP contribution in [0.3, 0.4) is 0 Å². The number of imidazole rings is 1. The fourth-order valence-corrected chi connectivity index (χ4v) is 4.62. The number of aryl methyl sites for hydroxylation is 2. The minimum absolute atomic E-state index is 0.311. The van der Waals surface area contributed by atoms with Crippen LogP contribution in [0.25, 0.3) is 28.0 Å². The van der Waals surface area contributed by atoms with Crippen molar-refractivity contribution < 1.29 is 13.2 Å². The molecule has 3 heterocycles. The summed E-state index contributed by atoms with van der Waals surface area (Å²) in [5, 5.41) is 7.41. The Balaban J connectivity index is 1.43. The van der Waals surface area contributed by atoms with Gasteiger partial charge in [-0.2, -0.15) is 18.3 Å². The second-order valence-electron chi connectivity index (χ2n) is 9.93. The maximum absolute atomic E-state index is 13.4. The third-order valence-electron chi connectivity index (χ3n) is 6.39. The van der Waals surface area contributed by atoms with Crippen molar-refractivity contribution in [1.82, 2.24) is 24.3 Å². The second-order valence-corrected chi connectivity index (χ2v) is 9.93. The zero-order chi connectivity index (χ0) is 27.0. The fraction of sp³-hybridized carbons (Fsp3) is 0.276. The summed E-state index contributed by atoms with van der Waals surface area (Å²) in [4.78, 5) is 9.57. The number of nitrogens with one attached hydrogen (secondary N) is 1. The average molecular weight is 519 g/mol. The molecule has 0 amide bonds. The first kappa shape index (κ1) is 25.5. The van der Waals surface area contributed by atoms with Gasteiger partial charge >= 0.3 is 6.18 Å². The van der Waals surface area contributed by atoms with Gasteiger partial charge in [-0.3, -0.25) is 0 Å². The highest BCUT2D eigenvalue weighted by Crippen LogP contribution is 2.33. The lowest BCUT2D eigenvalue weighted by molar-refractivity contribution is -0.142. The van der Waals surface area contributed by atoms with Crippen LogP contribution in [-0.4, -0.2) is 24.3 Å². The Morgan fingerprint density at radius 1 is 1.00 bits per heavy atom. The summed E-state index contributed by atoms with van der Waals surface area (Å²) in [6.07, 6.45) is -1.76. The molecule has 0 aliphatic heterocycles. The van der Waals surface area contributed by atoms with Crippen molar-refractivity contribution in [1.29, 1.82) is 0 Å². The van der Waals surface area contributed by atoms with E-state index in [0.29, 0.717) is 29.7 Å². The van der Waals surface area contributed by atoms with Crippen LogP contribution in [0.15, 0.2) is 67.0 Å². The molecule has 5 rings (SSSR count). The third kappa shape index (κ3) is 5.14. The second kappa shape index (κ2) is 9.96. The Morgan fingerprint density at radius 2 is 1.74 bits per heavy atom. The number of anilines is 1. The van der Waals surface area contributed by atoms with Crippen molar-refractivity contribution >= 4 is 16.9 Å². The summed E-state index contributed by atoms with van der Waals surface area (Å²) >= 11 is 0. The number of benzene rings is 2. The van der Waals surface area contributed by atoms with Crippen LogP contribution >= 0.6 is 0 Å². The zero-order valence-electron chi connectivity index (χ0n) is 21.7. The number of hydrogen-bond acceptors (Lipinski definition) is 4. The van der Waals surface area contributed by atoms with Gasteiger partial charge in [-0.15, -0.1) is 0 Å². The topological polar surface area (TPSA) is 60.6 Å². The Morgan fingerprint density at radius 3 is 2.45 bits per heavy atom. The number of nitrogens with zero attached hydrogens (tertiary/aromatic N) is 5. The molecule has 3 aromatic heterocycles. The summed E-state index contributed by atoms with van der Waals surface area (Å²) in [5.41, 5.74) is 5.69. The maximum Gasteiger partial charge on any atom is 0.433 e. The van der Waals surface area contributed by atoms with Crippen molar-refractivity contribution in [3.63, 3.8) is 0 Å². The number of halogens is 3. The van der Waals surface area contributed by atoms with Crippen molar-refractivity contribution in [2.24, 2.45) is 13.0 Å². The van der Waals surface area contributed by atoms with Gasteiger partial charge in [0.2, 0.25) is 0 Å². The zero-order valence-corrected chi connectivity index (χ0v) is 21.7. The lowest BCUT2D eigenvalue weighted by Gasteiger charge is -2.14. The molecule has 0 saturated carbocycles. The monoisotopic (exact) mass is 518 g/mol. The van der Waals surface area contributed by atoms with Gasteiger partial charge in [0.15, 0.2) is 0 Å². The molecule has 1 N–H and O–H groups in total. The van der Waals surface area contributed by atoms with E-state index in [-0.39, 0.29) is 0 Å².